The molecule has 0 spiro atoms. The van der Waals surface area contributed by atoms with Gasteiger partial charge in [0.1, 0.15) is 11.5 Å². The molecule has 4 heterocycles. The van der Waals surface area contributed by atoms with Crippen LogP contribution in [0.1, 0.15) is 17.1 Å². The lowest BCUT2D eigenvalue weighted by molar-refractivity contribution is 0.724. The quantitative estimate of drug-likeness (QED) is 0.389. The first-order chi connectivity index (χ1) is 17.0. The van der Waals surface area contributed by atoms with Crippen LogP contribution >= 0.6 is 0 Å². The van der Waals surface area contributed by atoms with Crippen molar-refractivity contribution in [2.45, 2.75) is 20.0 Å². The first kappa shape index (κ1) is 21.0. The predicted molar refractivity (Wildman–Crippen MR) is 136 cm³/mol. The third-order valence-corrected chi connectivity index (χ3v) is 6.17. The van der Waals surface area contributed by atoms with Gasteiger partial charge in [-0.2, -0.15) is 10.2 Å². The van der Waals surface area contributed by atoms with E-state index < -0.39 is 0 Å². The van der Waals surface area contributed by atoms with Crippen molar-refractivity contribution in [1.29, 1.82) is 0 Å². The molecule has 0 aliphatic rings. The Kier molecular flexibility index (Phi) is 4.84. The Morgan fingerprint density at radius 3 is 2.57 bits per heavy atom. The van der Waals surface area contributed by atoms with Gasteiger partial charge in [-0.1, -0.05) is 24.3 Å². The summed E-state index contributed by atoms with van der Waals surface area (Å²) in [6.07, 6.45) is 3.85. The van der Waals surface area contributed by atoms with Crippen molar-refractivity contribution in [3.63, 3.8) is 0 Å². The normalized spacial score (nSPS) is 11.6. The topological polar surface area (TPSA) is 86.1 Å². The van der Waals surface area contributed by atoms with Crippen molar-refractivity contribution in [1.82, 2.24) is 33.9 Å². The number of anilines is 1. The lowest BCUT2D eigenvalue weighted by atomic mass is 10.2. The smallest absolute Gasteiger partial charge is 0.262 e. The molecule has 174 valence electrons. The molecule has 0 fully saturated rings. The number of nitrogens with zero attached hydrogens (tertiary/aromatic N) is 8. The molecule has 0 bridgehead atoms. The van der Waals surface area contributed by atoms with E-state index in [1.54, 1.807) is 9.25 Å². The molecule has 2 aromatic carbocycles. The summed E-state index contributed by atoms with van der Waals surface area (Å²) in [6, 6.07) is 17.4. The Hall–Kier alpha value is -4.53. The lowest BCUT2D eigenvalue weighted by Crippen LogP contribution is -2.25. The van der Waals surface area contributed by atoms with Gasteiger partial charge in [-0.3, -0.25) is 14.0 Å². The molecule has 0 N–H and O–H groups in total. The van der Waals surface area contributed by atoms with Crippen molar-refractivity contribution in [3.8, 4) is 0 Å². The Labute approximate surface area is 200 Å². The van der Waals surface area contributed by atoms with Crippen LogP contribution < -0.4 is 10.5 Å². The highest BCUT2D eigenvalue weighted by Crippen LogP contribution is 2.25. The molecule has 6 aromatic rings. The van der Waals surface area contributed by atoms with E-state index in [0.717, 1.165) is 33.5 Å². The van der Waals surface area contributed by atoms with Crippen molar-refractivity contribution in [3.05, 3.63) is 94.4 Å². The van der Waals surface area contributed by atoms with Gasteiger partial charge in [-0.05, 0) is 31.2 Å². The van der Waals surface area contributed by atoms with Crippen LogP contribution in [0.3, 0.4) is 0 Å². The van der Waals surface area contributed by atoms with Gasteiger partial charge in [0.15, 0.2) is 5.82 Å². The van der Waals surface area contributed by atoms with Gasteiger partial charge in [0.2, 0.25) is 0 Å². The second kappa shape index (κ2) is 8.05. The van der Waals surface area contributed by atoms with Crippen molar-refractivity contribution in [2.24, 2.45) is 7.05 Å². The molecule has 9 nitrogen and oxygen atoms in total. The molecule has 4 aromatic heterocycles. The lowest BCUT2D eigenvalue weighted by Gasteiger charge is -2.20. The summed E-state index contributed by atoms with van der Waals surface area (Å²) in [7, 11) is 3.91. The van der Waals surface area contributed by atoms with Crippen LogP contribution in [-0.4, -0.2) is 41.0 Å². The summed E-state index contributed by atoms with van der Waals surface area (Å²) in [5.74, 6) is 1.37. The van der Waals surface area contributed by atoms with Crippen LogP contribution in [-0.2, 0) is 20.1 Å². The van der Waals surface area contributed by atoms with E-state index in [9.17, 15) is 4.79 Å². The van der Waals surface area contributed by atoms with Crippen LogP contribution in [0, 0.1) is 6.92 Å². The van der Waals surface area contributed by atoms with Crippen LogP contribution in [0.15, 0.2) is 71.8 Å². The Balaban J connectivity index is 1.50. The minimum Gasteiger partial charge on any atom is -0.355 e. The van der Waals surface area contributed by atoms with Crippen LogP contribution in [0.25, 0.3) is 27.5 Å². The third-order valence-electron chi connectivity index (χ3n) is 6.17. The first-order valence-corrected chi connectivity index (χ1v) is 11.4. The SMILES string of the molecule is Cc1cc2n(Cc3nc(N(C)Cc4cnn(C)c4)c4ccccc4n3)c(=O)c3ccccc3n2n1. The fourth-order valence-electron chi connectivity index (χ4n) is 4.61. The summed E-state index contributed by atoms with van der Waals surface area (Å²) in [6.45, 7) is 2.81. The van der Waals surface area contributed by atoms with Crippen molar-refractivity contribution >= 4 is 33.3 Å². The molecule has 0 unspecified atom stereocenters. The molecule has 0 radical (unpaired) electrons. The zero-order valence-corrected chi connectivity index (χ0v) is 19.8. The molecule has 0 atom stereocenters. The molecule has 0 amide bonds. The molecule has 0 saturated heterocycles. The fourth-order valence-corrected chi connectivity index (χ4v) is 4.61. The molecule has 0 aliphatic heterocycles. The van der Waals surface area contributed by atoms with Crippen LogP contribution in [0.4, 0.5) is 5.82 Å². The predicted octanol–water partition coefficient (Wildman–Crippen LogP) is 3.32. The van der Waals surface area contributed by atoms with Crippen LogP contribution in [0.5, 0.6) is 0 Å². The summed E-state index contributed by atoms with van der Waals surface area (Å²) in [5, 5.41) is 10.5. The van der Waals surface area contributed by atoms with Gasteiger partial charge in [-0.15, -0.1) is 0 Å². The number of fused-ring (bicyclic) bond motifs is 4. The molecule has 6 rings (SSSR count). The highest BCUT2D eigenvalue weighted by molar-refractivity contribution is 5.89. The largest absolute Gasteiger partial charge is 0.355 e. The zero-order chi connectivity index (χ0) is 24.1. The maximum Gasteiger partial charge on any atom is 0.262 e. The average molecular weight is 465 g/mol. The highest BCUT2D eigenvalue weighted by atomic mass is 16.1. The zero-order valence-electron chi connectivity index (χ0n) is 19.8. The summed E-state index contributed by atoms with van der Waals surface area (Å²) in [5.41, 5.74) is 4.17. The molecule has 35 heavy (non-hydrogen) atoms. The number of hydrogen-bond donors (Lipinski definition) is 0. The Morgan fingerprint density at radius 2 is 1.77 bits per heavy atom. The number of para-hydroxylation sites is 2. The molecular formula is C26H24N8O. The third kappa shape index (κ3) is 3.61. The van der Waals surface area contributed by atoms with Gasteiger partial charge in [0, 0.05) is 43.9 Å². The van der Waals surface area contributed by atoms with E-state index in [-0.39, 0.29) is 12.1 Å². The number of aromatic nitrogens is 7. The Morgan fingerprint density at radius 1 is 1.00 bits per heavy atom. The van der Waals surface area contributed by atoms with Gasteiger partial charge in [0.05, 0.1) is 34.9 Å². The van der Waals surface area contributed by atoms with E-state index >= 15 is 0 Å². The van der Waals surface area contributed by atoms with Gasteiger partial charge in [0.25, 0.3) is 5.56 Å². The Bertz CT molecular complexity index is 1780. The maximum absolute atomic E-state index is 13.5. The van der Waals surface area contributed by atoms with Crippen molar-refractivity contribution in [2.75, 3.05) is 11.9 Å². The van der Waals surface area contributed by atoms with E-state index in [0.29, 0.717) is 23.4 Å². The van der Waals surface area contributed by atoms with Crippen molar-refractivity contribution < 1.29 is 0 Å². The molecular weight excluding hydrogens is 440 g/mol. The number of benzene rings is 2. The molecule has 9 heteroatoms. The van der Waals surface area contributed by atoms with E-state index in [1.165, 1.54) is 0 Å². The minimum absolute atomic E-state index is 0.0879. The fraction of sp³-hybridized carbons (Fsp3) is 0.192. The number of aryl methyl sites for hydroxylation is 2. The number of rotatable bonds is 5. The van der Waals surface area contributed by atoms with E-state index in [4.69, 9.17) is 9.97 Å². The van der Waals surface area contributed by atoms with Gasteiger partial charge >= 0.3 is 0 Å². The van der Waals surface area contributed by atoms with Crippen LogP contribution in [0.2, 0.25) is 0 Å². The standard InChI is InChI=1S/C26H24N8O/c1-17-12-24-33(26(35)20-9-5-7-11-22(20)34(24)30-17)16-23-28-21-10-6-4-8-19(21)25(29-23)31(2)14-18-13-27-32(3)15-18/h4-13,15H,14,16H2,1-3H3. The molecule has 0 saturated carbocycles. The van der Waals surface area contributed by atoms with Gasteiger partial charge in [-0.25, -0.2) is 14.5 Å². The second-order valence-electron chi connectivity index (χ2n) is 8.82. The van der Waals surface area contributed by atoms with Gasteiger partial charge < -0.3 is 4.90 Å². The van der Waals surface area contributed by atoms with E-state index in [2.05, 4.69) is 15.1 Å². The minimum atomic E-state index is -0.0879. The summed E-state index contributed by atoms with van der Waals surface area (Å²) < 4.78 is 5.32. The monoisotopic (exact) mass is 464 g/mol. The highest BCUT2D eigenvalue weighted by Gasteiger charge is 2.17. The average Bonchev–Trinajstić information content (AvgIpc) is 3.46. The summed E-state index contributed by atoms with van der Waals surface area (Å²) >= 11 is 0. The second-order valence-corrected chi connectivity index (χ2v) is 8.82. The van der Waals surface area contributed by atoms with E-state index in [1.807, 2.05) is 92.5 Å². The molecule has 0 aliphatic carbocycles. The number of hydrogen-bond acceptors (Lipinski definition) is 6. The maximum atomic E-state index is 13.5. The first-order valence-electron chi connectivity index (χ1n) is 11.4. The summed E-state index contributed by atoms with van der Waals surface area (Å²) in [4.78, 5) is 25.4.